The van der Waals surface area contributed by atoms with Crippen molar-refractivity contribution in [3.8, 4) is 0 Å². The molecule has 0 aliphatic carbocycles. The second-order valence-electron chi connectivity index (χ2n) is 3.20. The van der Waals surface area contributed by atoms with Crippen molar-refractivity contribution in [3.63, 3.8) is 0 Å². The maximum absolute atomic E-state index is 11.3. The van der Waals surface area contributed by atoms with Crippen molar-refractivity contribution >= 4 is 6.03 Å². The fourth-order valence-corrected chi connectivity index (χ4v) is 1.10. The molecular formula is C10H15N3O2. The van der Waals surface area contributed by atoms with Gasteiger partial charge in [0.1, 0.15) is 0 Å². The average molecular weight is 209 g/mol. The van der Waals surface area contributed by atoms with E-state index in [0.29, 0.717) is 6.54 Å². The van der Waals surface area contributed by atoms with Gasteiger partial charge < -0.3 is 10.5 Å². The van der Waals surface area contributed by atoms with Crippen molar-refractivity contribution in [1.82, 2.24) is 10.0 Å². The van der Waals surface area contributed by atoms with Crippen molar-refractivity contribution in [3.05, 3.63) is 29.4 Å². The average Bonchev–Trinajstić information content (AvgIpc) is 2.21. The van der Waals surface area contributed by atoms with Crippen LogP contribution in [-0.2, 0) is 0 Å². The molecule has 0 aliphatic heterocycles. The Morgan fingerprint density at radius 3 is 3.00 bits per heavy atom. The van der Waals surface area contributed by atoms with Crippen molar-refractivity contribution in [2.45, 2.75) is 20.3 Å². The highest BCUT2D eigenvalue weighted by Gasteiger charge is 1.99. The molecule has 1 aromatic heterocycles. The lowest BCUT2D eigenvalue weighted by Gasteiger charge is -2.01. The number of urea groups is 1. The smallest absolute Gasteiger partial charge is 0.343 e. The number of carbonyl (C=O) groups is 1. The lowest BCUT2D eigenvalue weighted by Crippen LogP contribution is -2.28. The molecule has 5 nitrogen and oxygen atoms in total. The maximum Gasteiger partial charge on any atom is 0.343 e. The molecule has 0 fully saturated rings. The van der Waals surface area contributed by atoms with Gasteiger partial charge in [-0.3, -0.25) is 0 Å². The van der Waals surface area contributed by atoms with E-state index in [2.05, 4.69) is 10.3 Å². The topological polar surface area (TPSA) is 66.6 Å². The SMILES string of the molecule is CCCNC(=O)/N=c1/c(C)cccn1O. The highest BCUT2D eigenvalue weighted by molar-refractivity contribution is 5.74. The third kappa shape index (κ3) is 3.12. The molecule has 15 heavy (non-hydrogen) atoms. The van der Waals surface area contributed by atoms with E-state index in [9.17, 15) is 10.0 Å². The third-order valence-electron chi connectivity index (χ3n) is 1.88. The van der Waals surface area contributed by atoms with E-state index in [1.54, 1.807) is 19.1 Å². The Morgan fingerprint density at radius 2 is 2.40 bits per heavy atom. The van der Waals surface area contributed by atoms with Gasteiger partial charge in [0.05, 0.1) is 0 Å². The molecule has 0 aliphatic rings. The van der Waals surface area contributed by atoms with Gasteiger partial charge in [-0.2, -0.15) is 9.72 Å². The van der Waals surface area contributed by atoms with Crippen LogP contribution in [0.2, 0.25) is 0 Å². The number of hydrogen-bond acceptors (Lipinski definition) is 2. The van der Waals surface area contributed by atoms with Crippen LogP contribution in [0.25, 0.3) is 0 Å². The molecule has 1 rings (SSSR count). The molecule has 2 N–H and O–H groups in total. The normalized spacial score (nSPS) is 11.5. The lowest BCUT2D eigenvalue weighted by atomic mass is 10.3. The Labute approximate surface area is 88.0 Å². The van der Waals surface area contributed by atoms with Gasteiger partial charge in [0, 0.05) is 12.7 Å². The van der Waals surface area contributed by atoms with Crippen LogP contribution in [0.4, 0.5) is 4.79 Å². The van der Waals surface area contributed by atoms with Gasteiger partial charge in [-0.15, -0.1) is 0 Å². The molecular weight excluding hydrogens is 194 g/mol. The Hall–Kier alpha value is -1.78. The summed E-state index contributed by atoms with van der Waals surface area (Å²) >= 11 is 0. The standard InChI is InChI=1S/C10H15N3O2/c1-3-6-11-10(14)12-9-8(2)5-4-7-13(9)15/h4-5,7,15H,3,6H2,1-2H3,(H,11,14)/b12-9-. The molecule has 2 amide bonds. The van der Waals surface area contributed by atoms with Crippen LogP contribution in [0.1, 0.15) is 18.9 Å². The monoisotopic (exact) mass is 209 g/mol. The molecule has 0 aromatic carbocycles. The number of carbonyl (C=O) groups excluding carboxylic acids is 1. The fourth-order valence-electron chi connectivity index (χ4n) is 1.10. The van der Waals surface area contributed by atoms with Crippen LogP contribution >= 0.6 is 0 Å². The second kappa shape index (κ2) is 5.19. The number of pyridine rings is 1. The minimum Gasteiger partial charge on any atom is -0.427 e. The van der Waals surface area contributed by atoms with Gasteiger partial charge in [0.15, 0.2) is 5.49 Å². The zero-order chi connectivity index (χ0) is 11.3. The van der Waals surface area contributed by atoms with Gasteiger partial charge in [-0.1, -0.05) is 13.0 Å². The first-order valence-electron chi connectivity index (χ1n) is 4.85. The summed E-state index contributed by atoms with van der Waals surface area (Å²) in [6.07, 6.45) is 2.28. The van der Waals surface area contributed by atoms with E-state index in [-0.39, 0.29) is 5.49 Å². The molecule has 1 heterocycles. The highest BCUT2D eigenvalue weighted by Crippen LogP contribution is 1.87. The Bertz CT molecular complexity index is 386. The van der Waals surface area contributed by atoms with Crippen LogP contribution in [0.5, 0.6) is 0 Å². The third-order valence-corrected chi connectivity index (χ3v) is 1.88. The predicted octanol–water partition coefficient (Wildman–Crippen LogP) is 1.05. The Morgan fingerprint density at radius 1 is 1.67 bits per heavy atom. The number of nitrogens with one attached hydrogen (secondary N) is 1. The minimum atomic E-state index is -0.436. The first kappa shape index (κ1) is 11.3. The Kier molecular flexibility index (Phi) is 3.91. The molecule has 0 bridgehead atoms. The van der Waals surface area contributed by atoms with E-state index >= 15 is 0 Å². The fraction of sp³-hybridized carbons (Fsp3) is 0.400. The number of nitrogens with zero attached hydrogens (tertiary/aromatic N) is 2. The van der Waals surface area contributed by atoms with Crippen LogP contribution < -0.4 is 10.8 Å². The number of hydrogen-bond donors (Lipinski definition) is 2. The van der Waals surface area contributed by atoms with Crippen molar-refractivity contribution in [2.75, 3.05) is 6.54 Å². The molecule has 0 atom stereocenters. The summed E-state index contributed by atoms with van der Waals surface area (Å²) in [6.45, 7) is 4.32. The maximum atomic E-state index is 11.3. The molecule has 1 aromatic rings. The summed E-state index contributed by atoms with van der Waals surface area (Å²) in [5, 5.41) is 12.0. The molecule has 0 saturated carbocycles. The van der Waals surface area contributed by atoms with E-state index in [4.69, 9.17) is 0 Å². The summed E-state index contributed by atoms with van der Waals surface area (Å²) in [4.78, 5) is 15.0. The molecule has 82 valence electrons. The molecule has 5 heteroatoms. The van der Waals surface area contributed by atoms with Crippen molar-refractivity contribution in [2.24, 2.45) is 4.99 Å². The largest absolute Gasteiger partial charge is 0.427 e. The minimum absolute atomic E-state index is 0.256. The first-order valence-corrected chi connectivity index (χ1v) is 4.85. The molecule has 0 spiro atoms. The highest BCUT2D eigenvalue weighted by atomic mass is 16.5. The van der Waals surface area contributed by atoms with Crippen LogP contribution in [0.15, 0.2) is 23.3 Å². The number of rotatable bonds is 2. The van der Waals surface area contributed by atoms with Crippen LogP contribution in [0, 0.1) is 6.92 Å². The summed E-state index contributed by atoms with van der Waals surface area (Å²) < 4.78 is 0.834. The summed E-state index contributed by atoms with van der Waals surface area (Å²) in [5.74, 6) is 0. The van der Waals surface area contributed by atoms with E-state index in [1.165, 1.54) is 6.20 Å². The number of amides is 2. The number of aryl methyl sites for hydroxylation is 1. The molecule has 0 unspecified atom stereocenters. The van der Waals surface area contributed by atoms with E-state index in [0.717, 1.165) is 16.7 Å². The van der Waals surface area contributed by atoms with Gasteiger partial charge in [0.25, 0.3) is 0 Å². The zero-order valence-electron chi connectivity index (χ0n) is 8.90. The Balaban J connectivity index is 2.94. The lowest BCUT2D eigenvalue weighted by molar-refractivity contribution is 0.170. The van der Waals surface area contributed by atoms with Crippen molar-refractivity contribution in [1.29, 1.82) is 0 Å². The van der Waals surface area contributed by atoms with Gasteiger partial charge in [-0.25, -0.2) is 4.79 Å². The summed E-state index contributed by atoms with van der Waals surface area (Å²) in [6, 6.07) is 3.02. The molecule has 0 radical (unpaired) electrons. The summed E-state index contributed by atoms with van der Waals surface area (Å²) in [5.41, 5.74) is 0.998. The predicted molar refractivity (Wildman–Crippen MR) is 55.6 cm³/mol. The van der Waals surface area contributed by atoms with E-state index < -0.39 is 6.03 Å². The zero-order valence-corrected chi connectivity index (χ0v) is 8.90. The quantitative estimate of drug-likeness (QED) is 0.715. The summed E-state index contributed by atoms with van der Waals surface area (Å²) in [7, 11) is 0. The van der Waals surface area contributed by atoms with Gasteiger partial charge in [-0.05, 0) is 25.0 Å². The molecule has 0 saturated heterocycles. The van der Waals surface area contributed by atoms with E-state index in [1.807, 2.05) is 6.92 Å². The first-order chi connectivity index (χ1) is 7.15. The van der Waals surface area contributed by atoms with Gasteiger partial charge in [0.2, 0.25) is 0 Å². The van der Waals surface area contributed by atoms with Crippen LogP contribution in [0.3, 0.4) is 0 Å². The van der Waals surface area contributed by atoms with Gasteiger partial charge >= 0.3 is 6.03 Å². The van der Waals surface area contributed by atoms with Crippen LogP contribution in [-0.4, -0.2) is 22.5 Å². The second-order valence-corrected chi connectivity index (χ2v) is 3.20. The van der Waals surface area contributed by atoms with Crippen molar-refractivity contribution < 1.29 is 10.0 Å². The number of aromatic nitrogens is 1.